The number of carbonyl (C=O) groups is 12. The molecule has 0 aliphatic carbocycles. The van der Waals surface area contributed by atoms with E-state index in [1.165, 1.54) is 0 Å². The summed E-state index contributed by atoms with van der Waals surface area (Å²) in [7, 11) is 0. The Morgan fingerprint density at radius 3 is 1.45 bits per heavy atom. The molecule has 1 rings (SSSR count). The number of aliphatic carboxylic acids is 1. The number of nitrogens with one attached hydrogen (secondary N) is 10. The predicted molar refractivity (Wildman–Crippen MR) is 273 cm³/mol. The first-order valence-electron chi connectivity index (χ1n) is 25.1. The van der Waals surface area contributed by atoms with E-state index in [4.69, 9.17) is 17.2 Å². The number of thiol groups is 1. The molecule has 0 aromatic carbocycles. The summed E-state index contributed by atoms with van der Waals surface area (Å²) in [6.45, 7) is 8.79. The van der Waals surface area contributed by atoms with Crippen molar-refractivity contribution < 1.29 is 72.9 Å². The van der Waals surface area contributed by atoms with E-state index in [9.17, 15) is 72.9 Å². The van der Waals surface area contributed by atoms with Gasteiger partial charge in [0.1, 0.15) is 54.4 Å². The summed E-state index contributed by atoms with van der Waals surface area (Å²) >= 11 is 4.06. The minimum Gasteiger partial charge on any atom is -0.480 e. The molecule has 1 heterocycles. The van der Waals surface area contributed by atoms with Gasteiger partial charge in [0, 0.05) is 12.2 Å². The quantitative estimate of drug-likeness (QED) is 0.0205. The van der Waals surface area contributed by atoms with Crippen LogP contribution in [0.15, 0.2) is 0 Å². The van der Waals surface area contributed by atoms with Crippen LogP contribution in [0.5, 0.6) is 0 Å². The standard InChI is InChI=1S/C46H81N13O15S/c1-7-23(5)35(58-37(64)25-13-11-17-50-25)45(72)57-34(22(3)4)44(71)53-28(18-33(49)63)40(67)51-26(12-9-10-16-47)38(65)52-27(14-15-32(48)62)39(66)54-29(19-60)41(68)56-31(21-75)43(70)55-30(20-61)42(69)59-36(46(73)74)24(6)8-2/h22-31,34-36,50,60-61,75H,7-21,47H2,1-6H3,(H2,48,62)(H2,49,63)(H,51,67)(H,52,65)(H,53,71)(H,54,66)(H,55,70)(H,56,68)(H,57,72)(H,58,64)(H,59,69)(H,73,74)/t23-,24-,25-,26-,27-,28-,29-,30-,31-,34-,35-,36-/m0/s1. The summed E-state index contributed by atoms with van der Waals surface area (Å²) < 4.78 is 0. The van der Waals surface area contributed by atoms with E-state index in [1.54, 1.807) is 34.6 Å². The molecule has 75 heavy (non-hydrogen) atoms. The highest BCUT2D eigenvalue weighted by molar-refractivity contribution is 7.80. The number of rotatable bonds is 36. The van der Waals surface area contributed by atoms with Crippen LogP contribution >= 0.6 is 12.6 Å². The van der Waals surface area contributed by atoms with Crippen molar-refractivity contribution in [3.05, 3.63) is 0 Å². The Labute approximate surface area is 441 Å². The fourth-order valence-electron chi connectivity index (χ4n) is 7.51. The summed E-state index contributed by atoms with van der Waals surface area (Å²) in [6, 6.07) is -14.2. The summed E-state index contributed by atoms with van der Waals surface area (Å²) in [5.74, 6) is -13.8. The highest BCUT2D eigenvalue weighted by Gasteiger charge is 2.38. The van der Waals surface area contributed by atoms with E-state index in [0.717, 1.165) is 6.42 Å². The molecule has 426 valence electrons. The van der Waals surface area contributed by atoms with E-state index < -0.39 is 176 Å². The number of carboxylic acid groups (broad SMARTS) is 1. The average molecular weight is 1090 g/mol. The Hall–Kier alpha value is -6.17. The third kappa shape index (κ3) is 23.1. The van der Waals surface area contributed by atoms with Crippen LogP contribution in [-0.4, -0.2) is 179 Å². The van der Waals surface area contributed by atoms with Gasteiger partial charge in [-0.25, -0.2) is 4.79 Å². The Bertz CT molecular complexity index is 1980. The molecule has 11 amide bonds. The lowest BCUT2D eigenvalue weighted by Crippen LogP contribution is -2.62. The van der Waals surface area contributed by atoms with Crippen molar-refractivity contribution in [1.29, 1.82) is 0 Å². The van der Waals surface area contributed by atoms with Crippen molar-refractivity contribution >= 4 is 83.6 Å². The second-order valence-corrected chi connectivity index (χ2v) is 19.2. The number of aliphatic hydroxyl groups is 2. The van der Waals surface area contributed by atoms with Crippen LogP contribution < -0.4 is 70.4 Å². The molecule has 28 nitrogen and oxygen atoms in total. The van der Waals surface area contributed by atoms with E-state index in [2.05, 4.69) is 65.8 Å². The largest absolute Gasteiger partial charge is 0.480 e. The fourth-order valence-corrected chi connectivity index (χ4v) is 7.77. The molecule has 1 aliphatic rings. The number of carbonyl (C=O) groups excluding carboxylic acids is 11. The van der Waals surface area contributed by atoms with Gasteiger partial charge in [-0.05, 0) is 69.4 Å². The van der Waals surface area contributed by atoms with Crippen molar-refractivity contribution in [1.82, 2.24) is 53.2 Å². The zero-order chi connectivity index (χ0) is 57.1. The van der Waals surface area contributed by atoms with Gasteiger partial charge < -0.3 is 85.7 Å². The van der Waals surface area contributed by atoms with Gasteiger partial charge in [0.25, 0.3) is 0 Å². The minimum absolute atomic E-state index is 0.133. The van der Waals surface area contributed by atoms with Crippen LogP contribution in [0.4, 0.5) is 0 Å². The average Bonchev–Trinajstić information content (AvgIpc) is 3.91. The highest BCUT2D eigenvalue weighted by atomic mass is 32.1. The van der Waals surface area contributed by atoms with Crippen molar-refractivity contribution in [3.63, 3.8) is 0 Å². The van der Waals surface area contributed by atoms with Gasteiger partial charge in [0.2, 0.25) is 65.0 Å². The molecule has 19 N–H and O–H groups in total. The van der Waals surface area contributed by atoms with Gasteiger partial charge in [0.05, 0.1) is 25.7 Å². The Morgan fingerprint density at radius 2 is 1.00 bits per heavy atom. The molecule has 1 saturated heterocycles. The van der Waals surface area contributed by atoms with Crippen molar-refractivity contribution in [2.24, 2.45) is 35.0 Å². The number of unbranched alkanes of at least 4 members (excludes halogenated alkanes) is 1. The Balaban J connectivity index is 3.34. The van der Waals surface area contributed by atoms with Crippen LogP contribution in [0.1, 0.15) is 106 Å². The maximum Gasteiger partial charge on any atom is 0.326 e. The lowest BCUT2D eigenvalue weighted by Gasteiger charge is -2.30. The lowest BCUT2D eigenvalue weighted by atomic mass is 9.96. The normalized spacial score (nSPS) is 17.6. The van der Waals surface area contributed by atoms with Crippen LogP contribution in [0.3, 0.4) is 0 Å². The molecule has 29 heteroatoms. The van der Waals surface area contributed by atoms with Gasteiger partial charge in [-0.15, -0.1) is 0 Å². The summed E-state index contributed by atoms with van der Waals surface area (Å²) in [4.78, 5) is 158. The van der Waals surface area contributed by atoms with Gasteiger partial charge in [0.15, 0.2) is 0 Å². The minimum atomic E-state index is -1.84. The molecular formula is C46H81N13O15S. The summed E-state index contributed by atoms with van der Waals surface area (Å²) in [5.41, 5.74) is 16.5. The zero-order valence-electron chi connectivity index (χ0n) is 43.5. The molecular weight excluding hydrogens is 1010 g/mol. The molecule has 1 aliphatic heterocycles. The first-order valence-corrected chi connectivity index (χ1v) is 25.7. The first-order chi connectivity index (χ1) is 35.3. The van der Waals surface area contributed by atoms with Crippen LogP contribution in [-0.2, 0) is 57.5 Å². The van der Waals surface area contributed by atoms with E-state index in [0.29, 0.717) is 32.2 Å². The Morgan fingerprint density at radius 1 is 0.560 bits per heavy atom. The molecule has 0 aromatic rings. The molecule has 0 saturated carbocycles. The van der Waals surface area contributed by atoms with Crippen molar-refractivity contribution in [3.8, 4) is 0 Å². The van der Waals surface area contributed by atoms with Crippen molar-refractivity contribution in [2.75, 3.05) is 32.1 Å². The maximum absolute atomic E-state index is 14.0. The molecule has 0 bridgehead atoms. The summed E-state index contributed by atoms with van der Waals surface area (Å²) in [5, 5.41) is 54.2. The van der Waals surface area contributed by atoms with E-state index >= 15 is 0 Å². The molecule has 1 fully saturated rings. The number of carboxylic acids is 1. The lowest BCUT2D eigenvalue weighted by molar-refractivity contribution is -0.144. The molecule has 0 aromatic heterocycles. The van der Waals surface area contributed by atoms with Crippen LogP contribution in [0, 0.1) is 17.8 Å². The molecule has 0 spiro atoms. The first kappa shape index (κ1) is 66.8. The number of aliphatic hydroxyl groups excluding tert-OH is 2. The van der Waals surface area contributed by atoms with Gasteiger partial charge in [-0.3, -0.25) is 52.7 Å². The smallest absolute Gasteiger partial charge is 0.326 e. The summed E-state index contributed by atoms with van der Waals surface area (Å²) in [6.07, 6.45) is 0.868. The number of nitrogens with two attached hydrogens (primary N) is 3. The third-order valence-corrected chi connectivity index (χ3v) is 12.9. The van der Waals surface area contributed by atoms with Crippen LogP contribution in [0.2, 0.25) is 0 Å². The number of hydrogen-bond donors (Lipinski definition) is 17. The second kappa shape index (κ2) is 34.4. The van der Waals surface area contributed by atoms with Gasteiger partial charge in [-0.1, -0.05) is 54.4 Å². The number of hydrogen-bond acceptors (Lipinski definition) is 17. The highest BCUT2D eigenvalue weighted by Crippen LogP contribution is 2.14. The Kier molecular flexibility index (Phi) is 30.7. The molecule has 12 atom stereocenters. The third-order valence-electron chi connectivity index (χ3n) is 12.6. The molecule has 0 radical (unpaired) electrons. The zero-order valence-corrected chi connectivity index (χ0v) is 44.4. The molecule has 0 unspecified atom stereocenters. The monoisotopic (exact) mass is 1090 g/mol. The van der Waals surface area contributed by atoms with Gasteiger partial charge in [-0.2, -0.15) is 12.6 Å². The number of amides is 11. The van der Waals surface area contributed by atoms with E-state index in [1.807, 2.05) is 6.92 Å². The predicted octanol–water partition coefficient (Wildman–Crippen LogP) is -5.88. The fraction of sp³-hybridized carbons (Fsp3) is 0.739. The van der Waals surface area contributed by atoms with E-state index in [-0.39, 0.29) is 31.2 Å². The number of primary amides is 2. The SMILES string of the molecule is CC[C@H](C)[C@H](NC(=O)[C@H](CO)NC(=O)[C@H](CS)NC(=O)[C@H](CO)NC(=O)[C@H](CCC(N)=O)NC(=O)[C@H](CCCCN)NC(=O)[C@H](CC(N)=O)NC(=O)[C@@H](NC(=O)[C@@H](NC(=O)[C@@H]1CCCN1)[C@@H](C)CC)C(C)C)C(=O)O. The second-order valence-electron chi connectivity index (χ2n) is 18.8. The van der Waals surface area contributed by atoms with Crippen LogP contribution in [0.25, 0.3) is 0 Å². The van der Waals surface area contributed by atoms with Crippen molar-refractivity contribution in [2.45, 2.75) is 166 Å². The maximum atomic E-state index is 14.0. The topological polar surface area (TPSA) is 464 Å². The van der Waals surface area contributed by atoms with Gasteiger partial charge >= 0.3 is 5.97 Å².